The molecule has 6 nitrogen and oxygen atoms in total. The molecule has 1 amide bonds. The number of anilines is 1. The van der Waals surface area contributed by atoms with E-state index in [1.807, 2.05) is 38.1 Å². The van der Waals surface area contributed by atoms with Crippen molar-refractivity contribution >= 4 is 21.6 Å². The summed E-state index contributed by atoms with van der Waals surface area (Å²) in [7, 11) is -2.04. The summed E-state index contributed by atoms with van der Waals surface area (Å²) >= 11 is 0. The molecule has 0 aromatic heterocycles. The molecule has 7 heteroatoms. The van der Waals surface area contributed by atoms with Crippen LogP contribution in [0.5, 0.6) is 5.75 Å². The first kappa shape index (κ1) is 22.0. The second-order valence-electron chi connectivity index (χ2n) is 8.06. The van der Waals surface area contributed by atoms with Crippen molar-refractivity contribution in [3.05, 3.63) is 89.0 Å². The van der Waals surface area contributed by atoms with Crippen LogP contribution in [-0.4, -0.2) is 27.5 Å². The molecule has 1 heterocycles. The molecule has 166 valence electrons. The van der Waals surface area contributed by atoms with E-state index in [2.05, 4.69) is 4.72 Å². The average molecular weight is 451 g/mol. The first-order valence-corrected chi connectivity index (χ1v) is 11.9. The monoisotopic (exact) mass is 450 g/mol. The van der Waals surface area contributed by atoms with Crippen molar-refractivity contribution in [2.45, 2.75) is 37.8 Å². The first-order chi connectivity index (χ1) is 15.3. The molecule has 0 spiro atoms. The largest absolute Gasteiger partial charge is 0.497 e. The van der Waals surface area contributed by atoms with E-state index in [1.54, 1.807) is 54.5 Å². The Hall–Kier alpha value is -3.16. The molecule has 3 aromatic rings. The Morgan fingerprint density at radius 1 is 1.09 bits per heavy atom. The molecule has 3 aromatic carbocycles. The zero-order chi connectivity index (χ0) is 22.9. The number of methoxy groups -OCH3 is 1. The lowest BCUT2D eigenvalue weighted by Crippen LogP contribution is -2.35. The van der Waals surface area contributed by atoms with E-state index >= 15 is 0 Å². The highest BCUT2D eigenvalue weighted by atomic mass is 32.2. The summed E-state index contributed by atoms with van der Waals surface area (Å²) < 4.78 is 33.2. The number of nitrogens with zero attached hydrogens (tertiary/aromatic N) is 1. The third-order valence-corrected chi connectivity index (χ3v) is 7.09. The molecule has 0 unspecified atom stereocenters. The predicted octanol–water partition coefficient (Wildman–Crippen LogP) is 4.07. The van der Waals surface area contributed by atoms with Crippen LogP contribution in [0.2, 0.25) is 0 Å². The van der Waals surface area contributed by atoms with Crippen LogP contribution in [0.1, 0.15) is 34.0 Å². The van der Waals surface area contributed by atoms with Crippen LogP contribution < -0.4 is 14.4 Å². The highest BCUT2D eigenvalue weighted by Gasteiger charge is 2.31. The third kappa shape index (κ3) is 4.40. The molecule has 0 saturated heterocycles. The van der Waals surface area contributed by atoms with E-state index in [9.17, 15) is 13.2 Å². The van der Waals surface area contributed by atoms with Crippen LogP contribution in [0.4, 0.5) is 5.69 Å². The fourth-order valence-corrected chi connectivity index (χ4v) is 5.11. The van der Waals surface area contributed by atoms with Crippen molar-refractivity contribution in [2.24, 2.45) is 0 Å². The molecule has 1 aliphatic heterocycles. The number of ether oxygens (including phenoxy) is 1. The molecule has 0 radical (unpaired) electrons. The quantitative estimate of drug-likeness (QED) is 0.614. The van der Waals surface area contributed by atoms with E-state index in [0.717, 1.165) is 28.8 Å². The summed E-state index contributed by atoms with van der Waals surface area (Å²) in [6.07, 6.45) is 0.756. The van der Waals surface area contributed by atoms with Crippen LogP contribution in [0.25, 0.3) is 0 Å². The summed E-state index contributed by atoms with van der Waals surface area (Å²) in [6, 6.07) is 19.6. The van der Waals surface area contributed by atoms with Gasteiger partial charge in [0.2, 0.25) is 10.0 Å². The van der Waals surface area contributed by atoms with Gasteiger partial charge >= 0.3 is 0 Å². The number of carbonyl (C=O) groups excluding carboxylic acids is 1. The number of hydrogen-bond acceptors (Lipinski definition) is 4. The normalized spacial score (nSPS) is 15.5. The fourth-order valence-electron chi connectivity index (χ4n) is 3.99. The fraction of sp³-hybridized carbons (Fsp3) is 0.240. The number of aryl methyl sites for hydroxylation is 1. The summed E-state index contributed by atoms with van der Waals surface area (Å²) in [5, 5.41) is 0. The van der Waals surface area contributed by atoms with Gasteiger partial charge in [-0.3, -0.25) is 4.79 Å². The predicted molar refractivity (Wildman–Crippen MR) is 125 cm³/mol. The molecule has 0 aliphatic carbocycles. The van der Waals surface area contributed by atoms with E-state index in [0.29, 0.717) is 11.3 Å². The van der Waals surface area contributed by atoms with Crippen molar-refractivity contribution in [3.63, 3.8) is 0 Å². The molecular weight excluding hydrogens is 424 g/mol. The van der Waals surface area contributed by atoms with Gasteiger partial charge in [-0.2, -0.15) is 0 Å². The number of carbonyl (C=O) groups is 1. The van der Waals surface area contributed by atoms with Gasteiger partial charge in [0.15, 0.2) is 0 Å². The topological polar surface area (TPSA) is 75.7 Å². The van der Waals surface area contributed by atoms with Gasteiger partial charge in [0, 0.05) is 23.8 Å². The van der Waals surface area contributed by atoms with Gasteiger partial charge < -0.3 is 9.64 Å². The van der Waals surface area contributed by atoms with E-state index < -0.39 is 10.0 Å². The van der Waals surface area contributed by atoms with Gasteiger partial charge in [-0.25, -0.2) is 13.1 Å². The van der Waals surface area contributed by atoms with Gasteiger partial charge in [0.25, 0.3) is 5.91 Å². The minimum Gasteiger partial charge on any atom is -0.497 e. The van der Waals surface area contributed by atoms with Gasteiger partial charge in [0.05, 0.1) is 12.0 Å². The molecule has 0 bridgehead atoms. The number of amides is 1. The highest BCUT2D eigenvalue weighted by Crippen LogP contribution is 2.34. The van der Waals surface area contributed by atoms with Gasteiger partial charge in [0.1, 0.15) is 5.75 Å². The Morgan fingerprint density at radius 3 is 2.53 bits per heavy atom. The zero-order valence-corrected chi connectivity index (χ0v) is 19.1. The highest BCUT2D eigenvalue weighted by molar-refractivity contribution is 7.89. The van der Waals surface area contributed by atoms with Crippen molar-refractivity contribution in [1.29, 1.82) is 0 Å². The Labute approximate surface area is 188 Å². The lowest BCUT2D eigenvalue weighted by atomic mass is 10.1. The molecule has 1 aliphatic rings. The van der Waals surface area contributed by atoms with Crippen LogP contribution in [0, 0.1) is 6.92 Å². The van der Waals surface area contributed by atoms with Crippen molar-refractivity contribution in [2.75, 3.05) is 12.0 Å². The molecule has 1 atom stereocenters. The summed E-state index contributed by atoms with van der Waals surface area (Å²) in [6.45, 7) is 4.01. The second-order valence-corrected chi connectivity index (χ2v) is 9.83. The minimum atomic E-state index is -3.63. The number of rotatable bonds is 6. The maximum Gasteiger partial charge on any atom is 0.258 e. The second kappa shape index (κ2) is 8.76. The molecule has 0 saturated carbocycles. The summed E-state index contributed by atoms with van der Waals surface area (Å²) in [5.41, 5.74) is 4.15. The van der Waals surface area contributed by atoms with Gasteiger partial charge in [-0.1, -0.05) is 24.3 Å². The van der Waals surface area contributed by atoms with Crippen molar-refractivity contribution < 1.29 is 17.9 Å². The minimum absolute atomic E-state index is 0.0128. The zero-order valence-electron chi connectivity index (χ0n) is 18.3. The van der Waals surface area contributed by atoms with Gasteiger partial charge in [-0.15, -0.1) is 0 Å². The number of benzene rings is 3. The third-order valence-electron chi connectivity index (χ3n) is 5.69. The summed E-state index contributed by atoms with van der Waals surface area (Å²) in [4.78, 5) is 15.3. The number of sulfonamides is 1. The summed E-state index contributed by atoms with van der Waals surface area (Å²) in [5.74, 6) is 0.607. The Bertz CT molecular complexity index is 1250. The maximum absolute atomic E-state index is 13.2. The molecular formula is C25H26N2O4S. The van der Waals surface area contributed by atoms with Crippen LogP contribution in [0.3, 0.4) is 0 Å². The molecule has 32 heavy (non-hydrogen) atoms. The Balaban J connectivity index is 1.56. The standard InChI is InChI=1S/C25H26N2O4S/c1-17-5-4-6-23(13-17)32(29,30)26-16-19-7-8-21-14-18(2)27(24(21)15-19)25(28)20-9-11-22(31-3)12-10-20/h4-13,15,18,26H,14,16H2,1-3H3/t18-/m0/s1. The van der Waals surface area contributed by atoms with E-state index in [4.69, 9.17) is 4.74 Å². The molecule has 1 N–H and O–H groups in total. The Morgan fingerprint density at radius 2 is 1.84 bits per heavy atom. The first-order valence-electron chi connectivity index (χ1n) is 10.4. The van der Waals surface area contributed by atoms with Crippen molar-refractivity contribution in [1.82, 2.24) is 4.72 Å². The number of fused-ring (bicyclic) bond motifs is 1. The van der Waals surface area contributed by atoms with Crippen LogP contribution >= 0.6 is 0 Å². The lowest BCUT2D eigenvalue weighted by Gasteiger charge is -2.23. The molecule has 4 rings (SSSR count). The number of nitrogens with one attached hydrogen (secondary N) is 1. The molecule has 0 fully saturated rings. The van der Waals surface area contributed by atoms with Gasteiger partial charge in [-0.05, 0) is 79.4 Å². The van der Waals surface area contributed by atoms with Crippen LogP contribution in [-0.2, 0) is 23.0 Å². The lowest BCUT2D eigenvalue weighted by molar-refractivity contribution is 0.0981. The smallest absolute Gasteiger partial charge is 0.258 e. The van der Waals surface area contributed by atoms with E-state index in [1.165, 1.54) is 0 Å². The maximum atomic E-state index is 13.2. The van der Waals surface area contributed by atoms with Crippen molar-refractivity contribution in [3.8, 4) is 5.75 Å². The average Bonchev–Trinajstić information content (AvgIpc) is 3.12. The SMILES string of the molecule is COc1ccc(C(=O)N2c3cc(CNS(=O)(=O)c4cccc(C)c4)ccc3C[C@@H]2C)cc1. The van der Waals surface area contributed by atoms with E-state index in [-0.39, 0.29) is 23.4 Å². The Kier molecular flexibility index (Phi) is 6.04. The number of hydrogen-bond donors (Lipinski definition) is 1. The van der Waals surface area contributed by atoms with Crippen LogP contribution in [0.15, 0.2) is 71.6 Å².